The van der Waals surface area contributed by atoms with Crippen LogP contribution in [0.5, 0.6) is 0 Å². The molecule has 1 aromatic rings. The third-order valence-corrected chi connectivity index (χ3v) is 1.79. The zero-order valence-corrected chi connectivity index (χ0v) is 7.67. The van der Waals surface area contributed by atoms with Gasteiger partial charge in [-0.05, 0) is 12.5 Å². The molecule has 0 amide bonds. The molecule has 0 aliphatic heterocycles. The normalized spacial score (nSPS) is 11.5. The highest BCUT2D eigenvalue weighted by atomic mass is 14.0. The van der Waals surface area contributed by atoms with Crippen molar-refractivity contribution >= 4 is 0 Å². The summed E-state index contributed by atoms with van der Waals surface area (Å²) < 4.78 is 0. The quantitative estimate of drug-likeness (QED) is 0.550. The van der Waals surface area contributed by atoms with Crippen LogP contribution in [-0.4, -0.2) is 0 Å². The van der Waals surface area contributed by atoms with Crippen molar-refractivity contribution in [1.29, 1.82) is 0 Å². The molecular formula is C12H14. The van der Waals surface area contributed by atoms with Crippen molar-refractivity contribution in [3.63, 3.8) is 0 Å². The molecule has 0 aliphatic rings. The highest BCUT2D eigenvalue weighted by Crippen LogP contribution is 2.12. The number of rotatable bonds is 1. The van der Waals surface area contributed by atoms with E-state index in [-0.39, 0.29) is 0 Å². The van der Waals surface area contributed by atoms with Crippen molar-refractivity contribution in [2.75, 3.05) is 0 Å². The van der Waals surface area contributed by atoms with Gasteiger partial charge >= 0.3 is 0 Å². The molecule has 1 rings (SSSR count). The van der Waals surface area contributed by atoms with Crippen molar-refractivity contribution in [2.45, 2.75) is 26.2 Å². The third-order valence-electron chi connectivity index (χ3n) is 1.79. The molecule has 0 saturated carbocycles. The molecule has 0 fully saturated rings. The second-order valence-corrected chi connectivity index (χ2v) is 2.81. The first kappa shape index (κ1) is 8.87. The van der Waals surface area contributed by atoms with Crippen LogP contribution in [0.15, 0.2) is 30.3 Å². The van der Waals surface area contributed by atoms with Crippen LogP contribution in [0.1, 0.15) is 31.7 Å². The van der Waals surface area contributed by atoms with E-state index in [1.54, 1.807) is 0 Å². The Morgan fingerprint density at radius 3 is 2.50 bits per heavy atom. The Morgan fingerprint density at radius 2 is 1.92 bits per heavy atom. The van der Waals surface area contributed by atoms with Gasteiger partial charge in [-0.1, -0.05) is 43.2 Å². The van der Waals surface area contributed by atoms with Gasteiger partial charge in [0.1, 0.15) is 0 Å². The molecular weight excluding hydrogens is 144 g/mol. The minimum Gasteiger partial charge on any atom is -0.103 e. The Labute approximate surface area is 74.6 Å². The van der Waals surface area contributed by atoms with Gasteiger partial charge in [0.25, 0.3) is 0 Å². The van der Waals surface area contributed by atoms with Crippen molar-refractivity contribution in [2.24, 2.45) is 0 Å². The molecule has 1 unspecified atom stereocenters. The Bertz CT molecular complexity index is 274. The lowest BCUT2D eigenvalue weighted by Gasteiger charge is -2.02. The summed E-state index contributed by atoms with van der Waals surface area (Å²) in [6, 6.07) is 10.4. The van der Waals surface area contributed by atoms with Gasteiger partial charge in [-0.15, -0.1) is 5.92 Å². The molecule has 0 bridgehead atoms. The minimum absolute atomic E-state index is 0.367. The van der Waals surface area contributed by atoms with E-state index in [0.717, 1.165) is 6.42 Å². The topological polar surface area (TPSA) is 0 Å². The van der Waals surface area contributed by atoms with Crippen LogP contribution in [0.25, 0.3) is 0 Å². The molecule has 0 saturated heterocycles. The molecule has 12 heavy (non-hydrogen) atoms. The minimum atomic E-state index is 0.367. The smallest absolute Gasteiger partial charge is 0.0424 e. The van der Waals surface area contributed by atoms with Gasteiger partial charge in [0.15, 0.2) is 0 Å². The monoisotopic (exact) mass is 158 g/mol. The maximum atomic E-state index is 3.20. The van der Waals surface area contributed by atoms with Gasteiger partial charge in [0.05, 0.1) is 0 Å². The zero-order chi connectivity index (χ0) is 8.81. The van der Waals surface area contributed by atoms with Gasteiger partial charge in [0, 0.05) is 12.3 Å². The number of benzene rings is 1. The first-order valence-corrected chi connectivity index (χ1v) is 4.38. The summed E-state index contributed by atoms with van der Waals surface area (Å²) in [5.74, 6) is 6.66. The Balaban J connectivity index is 2.72. The fourth-order valence-corrected chi connectivity index (χ4v) is 1.08. The summed E-state index contributed by atoms with van der Waals surface area (Å²) in [6.07, 6.45) is 0.942. The molecule has 0 radical (unpaired) electrons. The standard InChI is InChI=1S/C12H14/c1-3-4-8-11(2)12-9-6-5-7-10-12/h5-7,9-11H,3H2,1-2H3. The zero-order valence-electron chi connectivity index (χ0n) is 7.67. The molecule has 0 heterocycles. The van der Waals surface area contributed by atoms with Crippen LogP contribution in [0, 0.1) is 11.8 Å². The summed E-state index contributed by atoms with van der Waals surface area (Å²) >= 11 is 0. The summed E-state index contributed by atoms with van der Waals surface area (Å²) in [7, 11) is 0. The fraction of sp³-hybridized carbons (Fsp3) is 0.333. The molecule has 0 heteroatoms. The summed E-state index contributed by atoms with van der Waals surface area (Å²) in [4.78, 5) is 0. The molecule has 0 nitrogen and oxygen atoms in total. The predicted octanol–water partition coefficient (Wildman–Crippen LogP) is 3.20. The van der Waals surface area contributed by atoms with Gasteiger partial charge in [0.2, 0.25) is 0 Å². The summed E-state index contributed by atoms with van der Waals surface area (Å²) in [6.45, 7) is 4.21. The van der Waals surface area contributed by atoms with E-state index in [2.05, 4.69) is 50.0 Å². The SMILES string of the molecule is CCC#CC(C)c1ccccc1. The maximum absolute atomic E-state index is 3.20. The largest absolute Gasteiger partial charge is 0.103 e. The van der Waals surface area contributed by atoms with Crippen LogP contribution < -0.4 is 0 Å². The van der Waals surface area contributed by atoms with E-state index in [0.29, 0.717) is 5.92 Å². The van der Waals surface area contributed by atoms with Crippen molar-refractivity contribution < 1.29 is 0 Å². The molecule has 1 atom stereocenters. The molecule has 0 aliphatic carbocycles. The van der Waals surface area contributed by atoms with E-state index in [1.807, 2.05) is 6.07 Å². The number of hydrogen-bond donors (Lipinski definition) is 0. The second-order valence-electron chi connectivity index (χ2n) is 2.81. The first-order chi connectivity index (χ1) is 5.84. The van der Waals surface area contributed by atoms with Crippen LogP contribution >= 0.6 is 0 Å². The Hall–Kier alpha value is -1.22. The highest BCUT2D eigenvalue weighted by Gasteiger charge is 1.97. The lowest BCUT2D eigenvalue weighted by atomic mass is 10.0. The molecule has 62 valence electrons. The van der Waals surface area contributed by atoms with Crippen LogP contribution in [-0.2, 0) is 0 Å². The molecule has 1 aromatic carbocycles. The average Bonchev–Trinajstić information content (AvgIpc) is 2.15. The van der Waals surface area contributed by atoms with Gasteiger partial charge < -0.3 is 0 Å². The van der Waals surface area contributed by atoms with E-state index in [9.17, 15) is 0 Å². The van der Waals surface area contributed by atoms with Gasteiger partial charge in [-0.3, -0.25) is 0 Å². The fourth-order valence-electron chi connectivity index (χ4n) is 1.08. The molecule has 0 N–H and O–H groups in total. The third kappa shape index (κ3) is 2.43. The lowest BCUT2D eigenvalue weighted by molar-refractivity contribution is 1.00. The van der Waals surface area contributed by atoms with Gasteiger partial charge in [-0.2, -0.15) is 0 Å². The molecule has 0 spiro atoms. The van der Waals surface area contributed by atoms with Crippen molar-refractivity contribution in [3.05, 3.63) is 35.9 Å². The second kappa shape index (κ2) is 4.62. The van der Waals surface area contributed by atoms with E-state index in [4.69, 9.17) is 0 Å². The highest BCUT2D eigenvalue weighted by molar-refractivity contribution is 5.26. The van der Waals surface area contributed by atoms with Gasteiger partial charge in [-0.25, -0.2) is 0 Å². The van der Waals surface area contributed by atoms with E-state index >= 15 is 0 Å². The van der Waals surface area contributed by atoms with Crippen LogP contribution in [0.2, 0.25) is 0 Å². The Morgan fingerprint density at radius 1 is 1.25 bits per heavy atom. The van der Waals surface area contributed by atoms with Crippen LogP contribution in [0.3, 0.4) is 0 Å². The summed E-state index contributed by atoms with van der Waals surface area (Å²) in [5, 5.41) is 0. The van der Waals surface area contributed by atoms with Crippen molar-refractivity contribution in [3.8, 4) is 11.8 Å². The van der Waals surface area contributed by atoms with Crippen LogP contribution in [0.4, 0.5) is 0 Å². The average molecular weight is 158 g/mol. The maximum Gasteiger partial charge on any atom is 0.0424 e. The summed E-state index contributed by atoms with van der Waals surface area (Å²) in [5.41, 5.74) is 1.30. The van der Waals surface area contributed by atoms with E-state index in [1.165, 1.54) is 5.56 Å². The Kier molecular flexibility index (Phi) is 3.41. The van der Waals surface area contributed by atoms with E-state index < -0.39 is 0 Å². The number of hydrogen-bond acceptors (Lipinski definition) is 0. The van der Waals surface area contributed by atoms with Crippen molar-refractivity contribution in [1.82, 2.24) is 0 Å². The predicted molar refractivity (Wildman–Crippen MR) is 52.9 cm³/mol. The molecule has 0 aromatic heterocycles. The lowest BCUT2D eigenvalue weighted by Crippen LogP contribution is -1.87. The first-order valence-electron chi connectivity index (χ1n) is 4.38.